The molecule has 4 rings (SSSR count). The van der Waals surface area contributed by atoms with Crippen LogP contribution in [0, 0.1) is 20.8 Å². The fourth-order valence-electron chi connectivity index (χ4n) is 4.07. The van der Waals surface area contributed by atoms with Crippen molar-refractivity contribution in [3.05, 3.63) is 74.7 Å². The molecular weight excluding hydrogens is 350 g/mol. The summed E-state index contributed by atoms with van der Waals surface area (Å²) in [5, 5.41) is 3.14. The summed E-state index contributed by atoms with van der Waals surface area (Å²) in [6.45, 7) is 5.72. The van der Waals surface area contributed by atoms with E-state index in [4.69, 9.17) is 0 Å². The third-order valence-electron chi connectivity index (χ3n) is 5.73. The molecule has 1 aliphatic carbocycles. The van der Waals surface area contributed by atoms with Crippen LogP contribution in [0.2, 0.25) is 0 Å². The molecule has 1 amide bonds. The first kappa shape index (κ1) is 18.4. The van der Waals surface area contributed by atoms with Crippen LogP contribution in [-0.2, 0) is 17.8 Å². The zero-order valence-electron chi connectivity index (χ0n) is 16.6. The van der Waals surface area contributed by atoms with Crippen LogP contribution in [0.5, 0.6) is 0 Å². The molecule has 3 aromatic rings. The van der Waals surface area contributed by atoms with Gasteiger partial charge in [-0.2, -0.15) is 0 Å². The Hall–Kier alpha value is -2.95. The summed E-state index contributed by atoms with van der Waals surface area (Å²) in [7, 11) is 0. The first-order valence-electron chi connectivity index (χ1n) is 9.79. The van der Waals surface area contributed by atoms with Crippen LogP contribution in [0.25, 0.3) is 11.0 Å². The first-order valence-corrected chi connectivity index (χ1v) is 9.79. The lowest BCUT2D eigenvalue weighted by Gasteiger charge is -2.26. The summed E-state index contributed by atoms with van der Waals surface area (Å²) in [5.41, 5.74) is 6.33. The van der Waals surface area contributed by atoms with Gasteiger partial charge in [-0.15, -0.1) is 0 Å². The van der Waals surface area contributed by atoms with Crippen LogP contribution in [0.3, 0.4) is 0 Å². The Morgan fingerprint density at radius 1 is 1.18 bits per heavy atom. The van der Waals surface area contributed by atoms with Crippen molar-refractivity contribution in [1.82, 2.24) is 14.9 Å². The fourth-order valence-corrected chi connectivity index (χ4v) is 4.07. The van der Waals surface area contributed by atoms with Crippen LogP contribution in [0.15, 0.2) is 41.2 Å². The number of carbonyl (C=O) groups is 1. The van der Waals surface area contributed by atoms with Crippen molar-refractivity contribution in [3.63, 3.8) is 0 Å². The van der Waals surface area contributed by atoms with E-state index in [0.717, 1.165) is 35.9 Å². The normalized spacial score (nSPS) is 16.0. The number of rotatable bonds is 3. The van der Waals surface area contributed by atoms with Gasteiger partial charge in [0.15, 0.2) is 0 Å². The molecule has 28 heavy (non-hydrogen) atoms. The quantitative estimate of drug-likeness (QED) is 0.762. The summed E-state index contributed by atoms with van der Waals surface area (Å²) >= 11 is 0. The Bertz CT molecular complexity index is 1130. The molecule has 0 radical (unpaired) electrons. The topological polar surface area (TPSA) is 64.0 Å². The maximum absolute atomic E-state index is 12.9. The second-order valence-electron chi connectivity index (χ2n) is 7.72. The van der Waals surface area contributed by atoms with Gasteiger partial charge < -0.3 is 5.32 Å². The zero-order chi connectivity index (χ0) is 19.8. The number of benzene rings is 2. The smallest absolute Gasteiger partial charge is 0.272 e. The summed E-state index contributed by atoms with van der Waals surface area (Å²) in [6, 6.07) is 12.2. The molecule has 0 fully saturated rings. The van der Waals surface area contributed by atoms with Gasteiger partial charge in [-0.3, -0.25) is 14.2 Å². The number of hydrogen-bond acceptors (Lipinski definition) is 3. The number of aryl methyl sites for hydroxylation is 4. The molecule has 1 aliphatic rings. The Morgan fingerprint density at radius 2 is 1.93 bits per heavy atom. The van der Waals surface area contributed by atoms with Crippen molar-refractivity contribution in [2.75, 3.05) is 0 Å². The second-order valence-corrected chi connectivity index (χ2v) is 7.72. The predicted octanol–water partition coefficient (Wildman–Crippen LogP) is 3.52. The standard InChI is InChI=1S/C23H25N3O2/c1-14-11-20-21(12-15(14)2)26(23(28)16(3)24-20)13-22(27)25-19-10-6-8-17-7-4-5-9-18(17)19/h4-5,7,9,11-12,19H,6,8,10,13H2,1-3H3,(H,25,27). The second kappa shape index (κ2) is 7.23. The van der Waals surface area contributed by atoms with Crippen LogP contribution in [0.4, 0.5) is 0 Å². The average Bonchev–Trinajstić information content (AvgIpc) is 2.68. The maximum Gasteiger partial charge on any atom is 0.272 e. The van der Waals surface area contributed by atoms with Crippen LogP contribution < -0.4 is 10.9 Å². The number of fused-ring (bicyclic) bond motifs is 2. The van der Waals surface area contributed by atoms with E-state index in [2.05, 4.69) is 22.4 Å². The summed E-state index contributed by atoms with van der Waals surface area (Å²) < 4.78 is 1.55. The van der Waals surface area contributed by atoms with Gasteiger partial charge in [0.05, 0.1) is 17.1 Å². The van der Waals surface area contributed by atoms with Gasteiger partial charge in [-0.25, -0.2) is 4.98 Å². The van der Waals surface area contributed by atoms with E-state index in [1.54, 1.807) is 11.5 Å². The van der Waals surface area contributed by atoms with E-state index in [-0.39, 0.29) is 24.1 Å². The van der Waals surface area contributed by atoms with Crippen molar-refractivity contribution in [2.24, 2.45) is 0 Å². The zero-order valence-corrected chi connectivity index (χ0v) is 16.6. The highest BCUT2D eigenvalue weighted by Gasteiger charge is 2.22. The minimum atomic E-state index is -0.213. The van der Waals surface area contributed by atoms with Gasteiger partial charge in [-0.05, 0) is 74.4 Å². The van der Waals surface area contributed by atoms with Crippen molar-refractivity contribution in [1.29, 1.82) is 0 Å². The van der Waals surface area contributed by atoms with Gasteiger partial charge >= 0.3 is 0 Å². The molecule has 0 aliphatic heterocycles. The molecule has 0 saturated heterocycles. The summed E-state index contributed by atoms with van der Waals surface area (Å²) in [6.07, 6.45) is 3.03. The number of carbonyl (C=O) groups excluding carboxylic acids is 1. The van der Waals surface area contributed by atoms with Crippen molar-refractivity contribution < 1.29 is 4.79 Å². The van der Waals surface area contributed by atoms with E-state index in [1.807, 2.05) is 38.1 Å². The average molecular weight is 375 g/mol. The number of hydrogen-bond donors (Lipinski definition) is 1. The molecule has 0 bridgehead atoms. The Kier molecular flexibility index (Phi) is 4.75. The van der Waals surface area contributed by atoms with Gasteiger partial charge in [0.2, 0.25) is 5.91 Å². The lowest BCUT2D eigenvalue weighted by Crippen LogP contribution is -2.36. The van der Waals surface area contributed by atoms with E-state index < -0.39 is 0 Å². The number of amides is 1. The minimum Gasteiger partial charge on any atom is -0.348 e. The highest BCUT2D eigenvalue weighted by Crippen LogP contribution is 2.29. The van der Waals surface area contributed by atoms with Gasteiger partial charge in [-0.1, -0.05) is 24.3 Å². The molecular formula is C23H25N3O2. The molecule has 144 valence electrons. The molecule has 1 aromatic heterocycles. The molecule has 1 heterocycles. The fraction of sp³-hybridized carbons (Fsp3) is 0.348. The van der Waals surface area contributed by atoms with E-state index in [0.29, 0.717) is 11.2 Å². The third kappa shape index (κ3) is 3.33. The Balaban J connectivity index is 1.65. The largest absolute Gasteiger partial charge is 0.348 e. The molecule has 5 heteroatoms. The molecule has 5 nitrogen and oxygen atoms in total. The lowest BCUT2D eigenvalue weighted by atomic mass is 9.88. The lowest BCUT2D eigenvalue weighted by molar-refractivity contribution is -0.122. The summed E-state index contributed by atoms with van der Waals surface area (Å²) in [4.78, 5) is 30.0. The summed E-state index contributed by atoms with van der Waals surface area (Å²) in [5.74, 6) is -0.145. The Labute approximate surface area is 164 Å². The highest BCUT2D eigenvalue weighted by molar-refractivity contribution is 5.81. The Morgan fingerprint density at radius 3 is 2.75 bits per heavy atom. The van der Waals surface area contributed by atoms with E-state index in [9.17, 15) is 9.59 Å². The molecule has 2 aromatic carbocycles. The predicted molar refractivity (Wildman–Crippen MR) is 110 cm³/mol. The monoisotopic (exact) mass is 375 g/mol. The van der Waals surface area contributed by atoms with Crippen LogP contribution in [-0.4, -0.2) is 15.5 Å². The van der Waals surface area contributed by atoms with Gasteiger partial charge in [0.25, 0.3) is 5.56 Å². The van der Waals surface area contributed by atoms with E-state index >= 15 is 0 Å². The van der Waals surface area contributed by atoms with Crippen LogP contribution in [0.1, 0.15) is 46.8 Å². The number of aromatic nitrogens is 2. The van der Waals surface area contributed by atoms with Gasteiger partial charge in [0.1, 0.15) is 12.2 Å². The van der Waals surface area contributed by atoms with Crippen molar-refractivity contribution in [3.8, 4) is 0 Å². The molecule has 1 atom stereocenters. The third-order valence-corrected chi connectivity index (χ3v) is 5.73. The van der Waals surface area contributed by atoms with E-state index in [1.165, 1.54) is 11.1 Å². The van der Waals surface area contributed by atoms with Crippen molar-refractivity contribution in [2.45, 2.75) is 52.6 Å². The van der Waals surface area contributed by atoms with Gasteiger partial charge in [0, 0.05) is 0 Å². The number of nitrogens with one attached hydrogen (secondary N) is 1. The first-order chi connectivity index (χ1) is 13.4. The molecule has 0 spiro atoms. The molecule has 0 saturated carbocycles. The maximum atomic E-state index is 12.9. The SMILES string of the molecule is Cc1cc2nc(C)c(=O)n(CC(=O)NC3CCCc4ccccc43)c2cc1C. The number of nitrogens with zero attached hydrogens (tertiary/aromatic N) is 2. The van der Waals surface area contributed by atoms with Crippen LogP contribution >= 0.6 is 0 Å². The molecule has 1 unspecified atom stereocenters. The minimum absolute atomic E-state index is 0.000138. The van der Waals surface area contributed by atoms with Crippen molar-refractivity contribution >= 4 is 16.9 Å². The molecule has 1 N–H and O–H groups in total. The highest BCUT2D eigenvalue weighted by atomic mass is 16.2.